The van der Waals surface area contributed by atoms with Gasteiger partial charge in [0.1, 0.15) is 5.76 Å². The van der Waals surface area contributed by atoms with Crippen LogP contribution in [0.25, 0.3) is 17.1 Å². The summed E-state index contributed by atoms with van der Waals surface area (Å²) in [5.41, 5.74) is 5.67. The van der Waals surface area contributed by atoms with Crippen molar-refractivity contribution in [1.29, 1.82) is 0 Å². The van der Waals surface area contributed by atoms with Crippen LogP contribution in [0.5, 0.6) is 0 Å². The molecular formula is C23H20N4O2S. The van der Waals surface area contributed by atoms with Gasteiger partial charge in [0.25, 0.3) is 5.91 Å². The smallest absolute Gasteiger partial charge is 0.250 e. The Balaban J connectivity index is 1.39. The van der Waals surface area contributed by atoms with E-state index in [2.05, 4.69) is 27.2 Å². The molecule has 6 nitrogen and oxygen atoms in total. The predicted octanol–water partition coefficient (Wildman–Crippen LogP) is 4.59. The zero-order chi connectivity index (χ0) is 20.6. The molecule has 0 unspecified atom stereocenters. The molecule has 4 rings (SSSR count). The number of rotatable bonds is 8. The molecule has 0 aliphatic rings. The Labute approximate surface area is 178 Å². The number of hydrogen-bond donors (Lipinski definition) is 1. The summed E-state index contributed by atoms with van der Waals surface area (Å²) in [4.78, 5) is 16.9. The van der Waals surface area contributed by atoms with Crippen molar-refractivity contribution < 1.29 is 9.21 Å². The first kappa shape index (κ1) is 19.7. The Kier molecular flexibility index (Phi) is 6.41. The highest BCUT2D eigenvalue weighted by molar-refractivity contribution is 7.99. The van der Waals surface area contributed by atoms with E-state index in [-0.39, 0.29) is 11.7 Å². The van der Waals surface area contributed by atoms with Crippen LogP contribution >= 0.6 is 11.8 Å². The van der Waals surface area contributed by atoms with E-state index in [1.165, 1.54) is 23.5 Å². The first-order valence-electron chi connectivity index (χ1n) is 9.44. The number of carbonyl (C=O) groups excluding carboxylic acids is 1. The van der Waals surface area contributed by atoms with Crippen LogP contribution in [-0.4, -0.2) is 27.4 Å². The average Bonchev–Trinajstić information content (AvgIpc) is 3.41. The Morgan fingerprint density at radius 1 is 1.10 bits per heavy atom. The van der Waals surface area contributed by atoms with Crippen molar-refractivity contribution in [2.24, 2.45) is 5.10 Å². The highest BCUT2D eigenvalue weighted by Gasteiger charge is 2.13. The molecule has 0 saturated heterocycles. The molecular weight excluding hydrogens is 396 g/mol. The number of imidazole rings is 1. The minimum absolute atomic E-state index is 0.194. The predicted molar refractivity (Wildman–Crippen MR) is 120 cm³/mol. The summed E-state index contributed by atoms with van der Waals surface area (Å²) in [5.74, 6) is 0.749. The highest BCUT2D eigenvalue weighted by Crippen LogP contribution is 2.25. The van der Waals surface area contributed by atoms with Gasteiger partial charge in [0.15, 0.2) is 5.16 Å². The number of aromatic nitrogens is 2. The minimum atomic E-state index is -0.194. The third kappa shape index (κ3) is 5.07. The molecule has 4 aromatic rings. The number of nitrogens with zero attached hydrogens (tertiary/aromatic N) is 3. The number of allylic oxidation sites excluding steroid dienone is 1. The molecule has 30 heavy (non-hydrogen) atoms. The van der Waals surface area contributed by atoms with Crippen LogP contribution in [0.2, 0.25) is 0 Å². The van der Waals surface area contributed by atoms with Gasteiger partial charge in [-0.2, -0.15) is 5.10 Å². The number of para-hydroxylation sites is 2. The van der Waals surface area contributed by atoms with Crippen LogP contribution in [0, 0.1) is 0 Å². The molecule has 0 aliphatic carbocycles. The van der Waals surface area contributed by atoms with Crippen molar-refractivity contribution in [3.05, 3.63) is 90.4 Å². The van der Waals surface area contributed by atoms with E-state index in [0.29, 0.717) is 6.54 Å². The lowest BCUT2D eigenvalue weighted by Gasteiger charge is -2.09. The molecule has 2 aromatic heterocycles. The molecule has 2 heterocycles. The van der Waals surface area contributed by atoms with E-state index < -0.39 is 0 Å². The number of fused-ring (bicyclic) bond motifs is 1. The topological polar surface area (TPSA) is 72.4 Å². The zero-order valence-electron chi connectivity index (χ0n) is 16.1. The molecule has 0 aliphatic heterocycles. The Bertz CT molecular complexity index is 1160. The fourth-order valence-corrected chi connectivity index (χ4v) is 3.73. The lowest BCUT2D eigenvalue weighted by atomic mass is 10.2. The summed E-state index contributed by atoms with van der Waals surface area (Å²) in [7, 11) is 0. The fourth-order valence-electron chi connectivity index (χ4n) is 2.92. The largest absolute Gasteiger partial charge is 0.465 e. The number of thioether (sulfide) groups is 1. The van der Waals surface area contributed by atoms with E-state index in [4.69, 9.17) is 9.40 Å². The van der Waals surface area contributed by atoms with Gasteiger partial charge in [-0.1, -0.05) is 54.2 Å². The Morgan fingerprint density at radius 3 is 2.77 bits per heavy atom. The number of furan rings is 1. The molecule has 0 radical (unpaired) electrons. The first-order valence-corrected chi connectivity index (χ1v) is 10.4. The standard InChI is InChI=1S/C23H20N4O2S/c28-22(26-24-14-6-10-19-11-7-15-29-19)17-30-23-25-20-12-4-5-13-21(20)27(23)16-18-8-2-1-3-9-18/h1-15H,16-17H2,(H,26,28). The summed E-state index contributed by atoms with van der Waals surface area (Å²) >= 11 is 1.39. The molecule has 2 aromatic carbocycles. The molecule has 7 heteroatoms. The summed E-state index contributed by atoms with van der Waals surface area (Å²) in [6.45, 7) is 0.695. The Morgan fingerprint density at radius 2 is 1.93 bits per heavy atom. The van der Waals surface area contributed by atoms with Gasteiger partial charge in [0.2, 0.25) is 0 Å². The van der Waals surface area contributed by atoms with Crippen molar-refractivity contribution >= 4 is 41.0 Å². The molecule has 0 bridgehead atoms. The first-order chi connectivity index (χ1) is 14.8. The van der Waals surface area contributed by atoms with Crippen molar-refractivity contribution in [2.45, 2.75) is 11.7 Å². The minimum Gasteiger partial charge on any atom is -0.465 e. The van der Waals surface area contributed by atoms with Gasteiger partial charge >= 0.3 is 0 Å². The quantitative estimate of drug-likeness (QED) is 0.259. The zero-order valence-corrected chi connectivity index (χ0v) is 17.0. The number of nitrogens with one attached hydrogen (secondary N) is 1. The monoisotopic (exact) mass is 416 g/mol. The van der Waals surface area contributed by atoms with Crippen molar-refractivity contribution in [3.63, 3.8) is 0 Å². The molecule has 1 N–H and O–H groups in total. The number of hydrazone groups is 1. The van der Waals surface area contributed by atoms with E-state index >= 15 is 0 Å². The molecule has 0 atom stereocenters. The molecule has 0 saturated carbocycles. The average molecular weight is 417 g/mol. The number of hydrogen-bond acceptors (Lipinski definition) is 5. The normalized spacial score (nSPS) is 11.6. The second-order valence-electron chi connectivity index (χ2n) is 6.43. The number of amides is 1. The van der Waals surface area contributed by atoms with Gasteiger partial charge in [-0.15, -0.1) is 0 Å². The van der Waals surface area contributed by atoms with Gasteiger partial charge in [-0.05, 0) is 42.0 Å². The highest BCUT2D eigenvalue weighted by atomic mass is 32.2. The van der Waals surface area contributed by atoms with Crippen LogP contribution in [-0.2, 0) is 11.3 Å². The fraction of sp³-hybridized carbons (Fsp3) is 0.0870. The molecule has 150 valence electrons. The second kappa shape index (κ2) is 9.76. The SMILES string of the molecule is O=C(CSc1nc2ccccc2n1Cc1ccccc1)NN=CC=Cc1ccco1. The molecule has 1 amide bonds. The van der Waals surface area contributed by atoms with Gasteiger partial charge in [-0.3, -0.25) is 4.79 Å². The van der Waals surface area contributed by atoms with E-state index in [9.17, 15) is 4.79 Å². The van der Waals surface area contributed by atoms with Crippen LogP contribution in [0.3, 0.4) is 0 Å². The maximum atomic E-state index is 12.2. The van der Waals surface area contributed by atoms with Crippen LogP contribution in [0.4, 0.5) is 0 Å². The van der Waals surface area contributed by atoms with Gasteiger partial charge in [0.05, 0.1) is 29.6 Å². The number of benzene rings is 2. The van der Waals surface area contributed by atoms with Gasteiger partial charge < -0.3 is 8.98 Å². The van der Waals surface area contributed by atoms with Crippen molar-refractivity contribution in [1.82, 2.24) is 15.0 Å². The maximum absolute atomic E-state index is 12.2. The van der Waals surface area contributed by atoms with E-state index in [1.807, 2.05) is 48.5 Å². The summed E-state index contributed by atoms with van der Waals surface area (Å²) in [6.07, 6.45) is 6.57. The third-order valence-electron chi connectivity index (χ3n) is 4.29. The maximum Gasteiger partial charge on any atom is 0.250 e. The molecule has 0 spiro atoms. The van der Waals surface area contributed by atoms with Crippen molar-refractivity contribution in [3.8, 4) is 0 Å². The van der Waals surface area contributed by atoms with Crippen molar-refractivity contribution in [2.75, 3.05) is 5.75 Å². The van der Waals surface area contributed by atoms with E-state index in [1.54, 1.807) is 24.5 Å². The van der Waals surface area contributed by atoms with Crippen LogP contribution in [0.1, 0.15) is 11.3 Å². The lowest BCUT2D eigenvalue weighted by molar-refractivity contribution is -0.118. The summed E-state index contributed by atoms with van der Waals surface area (Å²) in [5, 5.41) is 4.73. The van der Waals surface area contributed by atoms with E-state index in [0.717, 1.165) is 22.0 Å². The Hall–Kier alpha value is -3.58. The third-order valence-corrected chi connectivity index (χ3v) is 5.27. The van der Waals surface area contributed by atoms with Crippen LogP contribution in [0.15, 0.2) is 93.7 Å². The van der Waals surface area contributed by atoms with Crippen LogP contribution < -0.4 is 5.43 Å². The summed E-state index contributed by atoms with van der Waals surface area (Å²) in [6, 6.07) is 21.8. The lowest BCUT2D eigenvalue weighted by Crippen LogP contribution is -2.19. The second-order valence-corrected chi connectivity index (χ2v) is 7.37. The molecule has 0 fully saturated rings. The number of carbonyl (C=O) groups is 1. The van der Waals surface area contributed by atoms with Gasteiger partial charge in [0, 0.05) is 6.21 Å². The summed E-state index contributed by atoms with van der Waals surface area (Å²) < 4.78 is 7.32. The van der Waals surface area contributed by atoms with Gasteiger partial charge in [-0.25, -0.2) is 10.4 Å².